The van der Waals surface area contributed by atoms with E-state index in [4.69, 9.17) is 23.9 Å². The van der Waals surface area contributed by atoms with Crippen molar-refractivity contribution in [1.82, 2.24) is 29.4 Å². The van der Waals surface area contributed by atoms with Crippen molar-refractivity contribution in [2.75, 3.05) is 55.3 Å². The van der Waals surface area contributed by atoms with Gasteiger partial charge in [-0.05, 0) is 87.9 Å². The summed E-state index contributed by atoms with van der Waals surface area (Å²) in [6.45, 7) is 13.4. The van der Waals surface area contributed by atoms with Gasteiger partial charge in [-0.15, -0.1) is 0 Å². The normalized spacial score (nSPS) is 21.4. The lowest BCUT2D eigenvalue weighted by Gasteiger charge is -2.27. The maximum atomic E-state index is 12.9. The summed E-state index contributed by atoms with van der Waals surface area (Å²) in [5.74, 6) is 1.52. The molecule has 23 heteroatoms. The van der Waals surface area contributed by atoms with Crippen LogP contribution in [0.2, 0.25) is 0 Å². The lowest BCUT2D eigenvalue weighted by Crippen LogP contribution is -2.39. The van der Waals surface area contributed by atoms with Crippen LogP contribution in [-0.4, -0.2) is 106 Å². The molecule has 78 heavy (non-hydrogen) atoms. The number of rotatable bonds is 21. The Morgan fingerprint density at radius 1 is 1.01 bits per heavy atom. The fraction of sp³-hybridized carbons (Fsp3) is 0.436. The number of hydrogen-bond donors (Lipinski definition) is 6. The number of nitrogens with zero attached hydrogens (tertiary/aromatic N) is 5. The Hall–Kier alpha value is -6.49. The Morgan fingerprint density at radius 2 is 1.76 bits per heavy atom. The second kappa shape index (κ2) is 23.5. The molecule has 2 fully saturated rings. The van der Waals surface area contributed by atoms with Crippen molar-refractivity contribution in [3.8, 4) is 22.6 Å². The van der Waals surface area contributed by atoms with Gasteiger partial charge in [0.05, 0.1) is 17.6 Å². The number of imidazole rings is 1. The molecule has 1 unspecified atom stereocenters. The topological polar surface area (TPSA) is 293 Å². The van der Waals surface area contributed by atoms with Crippen LogP contribution < -0.4 is 36.8 Å². The number of phosphoric acid groups is 1. The van der Waals surface area contributed by atoms with Gasteiger partial charge in [0.2, 0.25) is 23.2 Å². The van der Waals surface area contributed by atoms with Gasteiger partial charge >= 0.3 is 7.82 Å². The third-order valence-electron chi connectivity index (χ3n) is 14.8. The van der Waals surface area contributed by atoms with E-state index in [0.29, 0.717) is 38.9 Å². The number of hydrogen-bond acceptors (Lipinski definition) is 16. The summed E-state index contributed by atoms with van der Waals surface area (Å²) in [4.78, 5) is 48.5. The molecule has 0 spiro atoms. The number of fused-ring (bicyclic) bond motifs is 4. The Labute approximate surface area is 452 Å². The van der Waals surface area contributed by atoms with Crippen LogP contribution in [0.4, 0.5) is 17.6 Å². The van der Waals surface area contributed by atoms with Gasteiger partial charge in [-0.3, -0.25) is 28.2 Å². The van der Waals surface area contributed by atoms with Crippen LogP contribution >= 0.6 is 7.82 Å². The highest BCUT2D eigenvalue weighted by Crippen LogP contribution is 2.53. The maximum absolute atomic E-state index is 12.9. The summed E-state index contributed by atoms with van der Waals surface area (Å²) in [7, 11) is -9.08. The number of ether oxygens (including phenoxy) is 1. The zero-order valence-corrected chi connectivity index (χ0v) is 46.1. The molecule has 2 aromatic heterocycles. The van der Waals surface area contributed by atoms with E-state index in [9.17, 15) is 37.1 Å². The molecule has 1 amide bonds. The van der Waals surface area contributed by atoms with Crippen LogP contribution in [0.1, 0.15) is 102 Å². The van der Waals surface area contributed by atoms with Gasteiger partial charge in [0.25, 0.3) is 5.56 Å². The van der Waals surface area contributed by atoms with Crippen molar-refractivity contribution in [2.24, 2.45) is 0 Å². The number of unbranched alkanes of at least 4 members (excludes halogenated alkanes) is 5. The van der Waals surface area contributed by atoms with E-state index in [1.165, 1.54) is 16.7 Å². The van der Waals surface area contributed by atoms with Gasteiger partial charge in [0, 0.05) is 65.6 Å². The van der Waals surface area contributed by atoms with Gasteiger partial charge < -0.3 is 45.0 Å². The summed E-state index contributed by atoms with van der Waals surface area (Å²) in [6, 6.07) is 21.0. The molecule has 0 saturated carbocycles. The number of aliphatic hydroxyl groups is 1. The number of aliphatic hydroxyl groups excluding tert-OH is 1. The lowest BCUT2D eigenvalue weighted by molar-refractivity contribution is -0.121. The standard InChI is InChI=1S/C55H68N9O12PS/c1-6-62(7-2)36-24-26-39-38(34(3)48(74-42(39)31-36)35-19-12-10-13-20-35)21-18-22-44-55(4,5)40-32-37(78(70,71)72)25-27-41(40)63(44)30-17-11-14-23-45(65)57-28-15-8-9-16-29-58-54-59-46-50(60-53(56)61-51(46)67)64(54)52-47(66)49-43(75-52)33-73-77(68,69)76-49/h10,12-13,18-22,24-27,31-32,43,47,49,52,66H,6-9,11,14-17,23,28-30,33H2,1-5H3,(H6-,56,57,58,59,60,61,65,67,68,69,70,71,72)/t43-,47-,49-,52-/m1/s1. The van der Waals surface area contributed by atoms with Crippen LogP contribution in [0.3, 0.4) is 0 Å². The van der Waals surface area contributed by atoms with E-state index in [2.05, 4.69) is 86.2 Å². The van der Waals surface area contributed by atoms with Crippen molar-refractivity contribution in [1.29, 1.82) is 0 Å². The second-order valence-electron chi connectivity index (χ2n) is 20.3. The first kappa shape index (κ1) is 56.2. The highest BCUT2D eigenvalue weighted by molar-refractivity contribution is 7.85. The summed E-state index contributed by atoms with van der Waals surface area (Å²) < 4.78 is 75.1. The number of nitrogens with one attached hydrogen (secondary N) is 3. The number of aromatic nitrogens is 4. The Bertz CT molecular complexity index is 3520. The summed E-state index contributed by atoms with van der Waals surface area (Å²) in [6.07, 6.45) is 7.19. The molecule has 5 aliphatic rings. The van der Waals surface area contributed by atoms with E-state index in [1.54, 1.807) is 6.07 Å². The number of nitrogens with two attached hydrogens (primary N) is 1. The fourth-order valence-corrected chi connectivity index (χ4v) is 12.2. The van der Waals surface area contributed by atoms with E-state index in [1.807, 2.05) is 50.3 Å². The zero-order valence-electron chi connectivity index (χ0n) is 44.4. The fourth-order valence-electron chi connectivity index (χ4n) is 10.7. The zero-order chi connectivity index (χ0) is 55.5. The lowest BCUT2D eigenvalue weighted by atomic mass is 9.83. The third kappa shape index (κ3) is 11.9. The number of aromatic amines is 1. The first-order valence-corrected chi connectivity index (χ1v) is 29.4. The molecule has 416 valence electrons. The predicted molar refractivity (Wildman–Crippen MR) is 295 cm³/mol. The predicted octanol–water partition coefficient (Wildman–Crippen LogP) is 6.91. The number of anilines is 3. The second-order valence-corrected chi connectivity index (χ2v) is 23.1. The number of nitrogen functional groups attached to an aromatic ring is 1. The van der Waals surface area contributed by atoms with Crippen LogP contribution in [0.25, 0.3) is 39.9 Å². The Morgan fingerprint density at radius 3 is 2.50 bits per heavy atom. The molecule has 4 aliphatic heterocycles. The van der Waals surface area contributed by atoms with Crippen molar-refractivity contribution < 1.29 is 50.5 Å². The van der Waals surface area contributed by atoms with E-state index < -0.39 is 53.5 Å². The van der Waals surface area contributed by atoms with Gasteiger partial charge in [0.1, 0.15) is 53.0 Å². The smallest absolute Gasteiger partial charge is 0.472 e. The van der Waals surface area contributed by atoms with Crippen molar-refractivity contribution >= 4 is 58.7 Å². The molecule has 0 radical (unpaired) electrons. The molecule has 1 aliphatic carbocycles. The van der Waals surface area contributed by atoms with Crippen LogP contribution in [0.5, 0.6) is 0 Å². The average molecular weight is 1110 g/mol. The highest BCUT2D eigenvalue weighted by atomic mass is 32.2. The summed E-state index contributed by atoms with van der Waals surface area (Å²) in [5, 5.41) is 18.5. The number of carbonyl (C=O) groups excluding carboxylic acids is 1. The van der Waals surface area contributed by atoms with E-state index in [0.717, 1.165) is 101 Å². The quantitative estimate of drug-likeness (QED) is 0.0185. The van der Waals surface area contributed by atoms with Crippen LogP contribution in [0.15, 0.2) is 98.7 Å². The van der Waals surface area contributed by atoms with E-state index in [-0.39, 0.29) is 40.5 Å². The molecule has 2 saturated heterocycles. The third-order valence-corrected chi connectivity index (χ3v) is 16.6. The molecular weight excluding hydrogens is 1040 g/mol. The van der Waals surface area contributed by atoms with Gasteiger partial charge in [0.15, 0.2) is 17.4 Å². The number of benzene rings is 3. The number of allylic oxidation sites excluding steroid dienone is 3. The van der Waals surface area contributed by atoms with Crippen LogP contribution in [-0.2, 0) is 38.7 Å². The molecule has 6 heterocycles. The number of H-pyrrole nitrogens is 1. The Kier molecular flexibility index (Phi) is 16.9. The molecule has 2 aromatic carbocycles. The van der Waals surface area contributed by atoms with Gasteiger partial charge in [-0.1, -0.05) is 75.6 Å². The van der Waals surface area contributed by atoms with Gasteiger partial charge in [-0.25, -0.2) is 22.5 Å². The molecular formula is C55H68N9O12PS. The first-order valence-electron chi connectivity index (χ1n) is 26.5. The first-order chi connectivity index (χ1) is 37.3. The summed E-state index contributed by atoms with van der Waals surface area (Å²) in [5.41, 5.74) is 11.1. The molecule has 0 bridgehead atoms. The number of carbonyl (C=O) groups is 1. The number of phosphoric ester groups is 1. The van der Waals surface area contributed by atoms with Gasteiger partial charge in [-0.2, -0.15) is 4.98 Å². The Balaban J connectivity index is 0.791. The minimum Gasteiger partial charge on any atom is -0.744 e. The average Bonchev–Trinajstić information content (AvgIpc) is 4.23. The SMILES string of the molecule is CC[N+](CC)=c1ccc2c(/C=C/C=C3/N(CCCCCC(=O)NCCCCCCNc4nc5c(=O)[nH]c(N)nc5n4[C@@H]4O[C@@H]5COP(=O)(O)O[C@H]5[C@H]4O)c4ccc(S(=O)(=O)[O-])cc4C3(C)C)c(C)c(-c3ccccc3)oc-2c1. The van der Waals surface area contributed by atoms with Crippen molar-refractivity contribution in [2.45, 2.75) is 121 Å². The van der Waals surface area contributed by atoms with Crippen molar-refractivity contribution in [3.63, 3.8) is 0 Å². The van der Waals surface area contributed by atoms with Crippen LogP contribution in [0, 0.1) is 6.92 Å². The minimum atomic E-state index is -4.70. The van der Waals surface area contributed by atoms with E-state index >= 15 is 0 Å². The monoisotopic (exact) mass is 1110 g/mol. The number of amides is 1. The molecule has 5 atom stereocenters. The highest BCUT2D eigenvalue weighted by Gasteiger charge is 2.53. The molecule has 9 rings (SSSR count). The molecule has 21 nitrogen and oxygen atoms in total. The molecule has 4 aromatic rings. The maximum Gasteiger partial charge on any atom is 0.472 e. The van der Waals surface area contributed by atoms with Crippen molar-refractivity contribution in [3.05, 3.63) is 117 Å². The summed E-state index contributed by atoms with van der Waals surface area (Å²) >= 11 is 0. The minimum absolute atomic E-state index is 0.0318. The molecule has 7 N–H and O–H groups in total. The largest absolute Gasteiger partial charge is 0.744 e.